The molecule has 35 heavy (non-hydrogen) atoms. The molecule has 0 bridgehead atoms. The first kappa shape index (κ1) is 23.7. The van der Waals surface area contributed by atoms with Crippen molar-refractivity contribution in [1.82, 2.24) is 9.21 Å². The van der Waals surface area contributed by atoms with Crippen molar-refractivity contribution in [2.45, 2.75) is 11.1 Å². The number of para-hydroxylation sites is 1. The first-order valence-electron chi connectivity index (χ1n) is 10.7. The fourth-order valence-corrected chi connectivity index (χ4v) is 5.78. The SMILES string of the molecule is O=S(=O)(c1cccc(Cl)c1)N1CCN(C2=Nc3ccc(C(F)(F)F)cc3Oc3ccccc32)CC1. The molecule has 5 rings (SSSR count). The van der Waals surface area contributed by atoms with Crippen LogP contribution in [0.3, 0.4) is 0 Å². The van der Waals surface area contributed by atoms with Crippen molar-refractivity contribution in [2.75, 3.05) is 26.2 Å². The zero-order valence-electron chi connectivity index (χ0n) is 18.2. The second-order valence-electron chi connectivity index (χ2n) is 8.06. The van der Waals surface area contributed by atoms with E-state index in [4.69, 9.17) is 16.3 Å². The van der Waals surface area contributed by atoms with Gasteiger partial charge in [0.25, 0.3) is 0 Å². The number of alkyl halides is 3. The van der Waals surface area contributed by atoms with Gasteiger partial charge in [-0.05, 0) is 48.5 Å². The molecule has 0 unspecified atom stereocenters. The van der Waals surface area contributed by atoms with Crippen LogP contribution in [0.25, 0.3) is 0 Å². The van der Waals surface area contributed by atoms with E-state index < -0.39 is 21.8 Å². The number of hydrogen-bond acceptors (Lipinski definition) is 5. The number of sulfonamides is 1. The van der Waals surface area contributed by atoms with Gasteiger partial charge in [0.2, 0.25) is 10.0 Å². The summed E-state index contributed by atoms with van der Waals surface area (Å²) in [5, 5.41) is 0.335. The molecule has 0 amide bonds. The highest BCUT2D eigenvalue weighted by atomic mass is 35.5. The molecule has 0 saturated carbocycles. The highest BCUT2D eigenvalue weighted by molar-refractivity contribution is 7.89. The van der Waals surface area contributed by atoms with Crippen LogP contribution < -0.4 is 4.74 Å². The van der Waals surface area contributed by atoms with Gasteiger partial charge >= 0.3 is 6.18 Å². The van der Waals surface area contributed by atoms with Gasteiger partial charge in [-0.2, -0.15) is 17.5 Å². The second kappa shape index (κ2) is 8.85. The Hall–Kier alpha value is -3.08. The molecular weight excluding hydrogens is 503 g/mol. The van der Waals surface area contributed by atoms with Crippen LogP contribution in [0.4, 0.5) is 18.9 Å². The maximum Gasteiger partial charge on any atom is 0.416 e. The number of benzene rings is 3. The van der Waals surface area contributed by atoms with Crippen LogP contribution in [-0.2, 0) is 16.2 Å². The molecule has 0 aliphatic carbocycles. The topological polar surface area (TPSA) is 62.2 Å². The molecule has 182 valence electrons. The molecule has 2 heterocycles. The van der Waals surface area contributed by atoms with Crippen molar-refractivity contribution in [2.24, 2.45) is 4.99 Å². The maximum absolute atomic E-state index is 13.2. The van der Waals surface area contributed by atoms with Gasteiger partial charge in [0.15, 0.2) is 5.75 Å². The standard InChI is InChI=1S/C24H19ClF3N3O3S/c25-17-4-3-5-18(15-17)35(32,33)31-12-10-30(11-13-31)23-19-6-1-2-7-21(19)34-22-14-16(24(26,27)28)8-9-20(22)29-23/h1-9,14-15H,10-13H2. The number of amidine groups is 1. The Labute approximate surface area is 205 Å². The van der Waals surface area contributed by atoms with Crippen LogP contribution >= 0.6 is 11.6 Å². The van der Waals surface area contributed by atoms with Crippen LogP contribution in [0.15, 0.2) is 76.6 Å². The molecule has 1 fully saturated rings. The number of rotatable bonds is 2. The summed E-state index contributed by atoms with van der Waals surface area (Å²) in [5.41, 5.74) is 0.0498. The number of piperazine rings is 1. The lowest BCUT2D eigenvalue weighted by molar-refractivity contribution is -0.137. The Balaban J connectivity index is 1.45. The molecule has 11 heteroatoms. The average Bonchev–Trinajstić information content (AvgIpc) is 3.00. The summed E-state index contributed by atoms with van der Waals surface area (Å²) in [6.45, 7) is 1.08. The summed E-state index contributed by atoms with van der Waals surface area (Å²) in [6.07, 6.45) is -4.51. The van der Waals surface area contributed by atoms with E-state index in [9.17, 15) is 21.6 Å². The minimum absolute atomic E-state index is 0.00412. The van der Waals surface area contributed by atoms with Gasteiger partial charge < -0.3 is 9.64 Å². The van der Waals surface area contributed by atoms with E-state index >= 15 is 0 Å². The maximum atomic E-state index is 13.2. The zero-order chi connectivity index (χ0) is 24.8. The number of hydrogen-bond donors (Lipinski definition) is 0. The van der Waals surface area contributed by atoms with Crippen molar-refractivity contribution in [3.8, 4) is 11.5 Å². The van der Waals surface area contributed by atoms with Crippen LogP contribution in [0.5, 0.6) is 11.5 Å². The van der Waals surface area contributed by atoms with E-state index in [0.717, 1.165) is 12.1 Å². The summed E-state index contributed by atoms with van der Waals surface area (Å²) >= 11 is 5.97. The average molecular weight is 522 g/mol. The van der Waals surface area contributed by atoms with Gasteiger partial charge in [0, 0.05) is 31.2 Å². The number of fused-ring (bicyclic) bond motifs is 2. The molecule has 2 aliphatic rings. The highest BCUT2D eigenvalue weighted by Gasteiger charge is 2.34. The van der Waals surface area contributed by atoms with E-state index in [2.05, 4.69) is 4.99 Å². The summed E-state index contributed by atoms with van der Waals surface area (Å²) in [5.74, 6) is 0.890. The van der Waals surface area contributed by atoms with Crippen molar-refractivity contribution in [1.29, 1.82) is 0 Å². The first-order valence-corrected chi connectivity index (χ1v) is 12.5. The quantitative estimate of drug-likeness (QED) is 0.443. The molecular formula is C24H19ClF3N3O3S. The van der Waals surface area contributed by atoms with Crippen LogP contribution in [0.1, 0.15) is 11.1 Å². The lowest BCUT2D eigenvalue weighted by atomic mass is 10.1. The molecule has 6 nitrogen and oxygen atoms in total. The number of aliphatic imine (C=N–C) groups is 1. The van der Waals surface area contributed by atoms with Crippen molar-refractivity contribution in [3.05, 3.63) is 82.9 Å². The van der Waals surface area contributed by atoms with Gasteiger partial charge in [-0.25, -0.2) is 13.4 Å². The molecule has 0 spiro atoms. The minimum atomic E-state index is -4.51. The third-order valence-electron chi connectivity index (χ3n) is 5.83. The molecule has 0 radical (unpaired) electrons. The highest BCUT2D eigenvalue weighted by Crippen LogP contribution is 2.42. The van der Waals surface area contributed by atoms with Crippen molar-refractivity contribution in [3.63, 3.8) is 0 Å². The largest absolute Gasteiger partial charge is 0.454 e. The van der Waals surface area contributed by atoms with Crippen molar-refractivity contribution >= 4 is 33.1 Å². The molecule has 2 aliphatic heterocycles. The predicted molar refractivity (Wildman–Crippen MR) is 126 cm³/mol. The van der Waals surface area contributed by atoms with Gasteiger partial charge in [0.05, 0.1) is 16.0 Å². The third kappa shape index (κ3) is 4.61. The summed E-state index contributed by atoms with van der Waals surface area (Å²) < 4.78 is 73.1. The molecule has 0 N–H and O–H groups in total. The molecule has 3 aromatic carbocycles. The monoisotopic (exact) mass is 521 g/mol. The summed E-state index contributed by atoms with van der Waals surface area (Å²) in [4.78, 5) is 6.69. The first-order chi connectivity index (χ1) is 16.6. The zero-order valence-corrected chi connectivity index (χ0v) is 19.7. The van der Waals surface area contributed by atoms with Crippen LogP contribution in [0, 0.1) is 0 Å². The van der Waals surface area contributed by atoms with Crippen molar-refractivity contribution < 1.29 is 26.3 Å². The van der Waals surface area contributed by atoms with E-state index in [1.165, 1.54) is 22.5 Å². The minimum Gasteiger partial charge on any atom is -0.454 e. The smallest absolute Gasteiger partial charge is 0.416 e. The Morgan fingerprint density at radius 2 is 1.63 bits per heavy atom. The second-order valence-corrected chi connectivity index (χ2v) is 10.4. The number of nitrogens with zero attached hydrogens (tertiary/aromatic N) is 3. The van der Waals surface area contributed by atoms with E-state index in [0.29, 0.717) is 35.3 Å². The van der Waals surface area contributed by atoms with Crippen LogP contribution in [-0.4, -0.2) is 49.6 Å². The fraction of sp³-hybridized carbons (Fsp3) is 0.208. The third-order valence-corrected chi connectivity index (χ3v) is 7.96. The van der Waals surface area contributed by atoms with Gasteiger partial charge in [0.1, 0.15) is 17.3 Å². The predicted octanol–water partition coefficient (Wildman–Crippen LogP) is 5.55. The van der Waals surface area contributed by atoms with Crippen LogP contribution in [0.2, 0.25) is 5.02 Å². The lowest BCUT2D eigenvalue weighted by Crippen LogP contribution is -2.50. The Morgan fingerprint density at radius 1 is 0.886 bits per heavy atom. The fourth-order valence-electron chi connectivity index (χ4n) is 4.06. The summed E-state index contributed by atoms with van der Waals surface area (Å²) in [7, 11) is -3.72. The van der Waals surface area contributed by atoms with Gasteiger partial charge in [-0.15, -0.1) is 0 Å². The molecule has 3 aromatic rings. The molecule has 1 saturated heterocycles. The lowest BCUT2D eigenvalue weighted by Gasteiger charge is -2.35. The number of ether oxygens (including phenoxy) is 1. The number of halogens is 4. The van der Waals surface area contributed by atoms with E-state index in [1.807, 2.05) is 4.90 Å². The Bertz CT molecular complexity index is 1420. The van der Waals surface area contributed by atoms with Gasteiger partial charge in [-0.3, -0.25) is 0 Å². The molecule has 0 aromatic heterocycles. The normalized spacial score (nSPS) is 16.6. The Morgan fingerprint density at radius 3 is 2.34 bits per heavy atom. The summed E-state index contributed by atoms with van der Waals surface area (Å²) in [6, 6.07) is 16.3. The molecule has 0 atom stereocenters. The Kier molecular flexibility index (Phi) is 5.98. The van der Waals surface area contributed by atoms with E-state index in [-0.39, 0.29) is 29.4 Å². The van der Waals surface area contributed by atoms with Gasteiger partial charge in [-0.1, -0.05) is 29.8 Å². The van der Waals surface area contributed by atoms with E-state index in [1.54, 1.807) is 36.4 Å².